The summed E-state index contributed by atoms with van der Waals surface area (Å²) in [7, 11) is 1.58. The number of rotatable bonds is 4. The summed E-state index contributed by atoms with van der Waals surface area (Å²) < 4.78 is 0. The smallest absolute Gasteiger partial charge is 0.320 e. The van der Waals surface area contributed by atoms with Crippen LogP contribution in [0.5, 0.6) is 0 Å². The summed E-state index contributed by atoms with van der Waals surface area (Å²) in [4.78, 5) is 37.1. The van der Waals surface area contributed by atoms with E-state index < -0.39 is 17.9 Å². The van der Waals surface area contributed by atoms with E-state index in [0.717, 1.165) is 0 Å². The van der Waals surface area contributed by atoms with Crippen molar-refractivity contribution >= 4 is 17.9 Å². The molecule has 0 spiro atoms. The molecule has 1 saturated heterocycles. The van der Waals surface area contributed by atoms with Crippen LogP contribution in [0.3, 0.4) is 0 Å². The molecule has 1 atom stereocenters. The Labute approximate surface area is 105 Å². The third-order valence-electron chi connectivity index (χ3n) is 2.67. The van der Waals surface area contributed by atoms with Crippen molar-refractivity contribution < 1.29 is 19.5 Å². The van der Waals surface area contributed by atoms with Crippen molar-refractivity contribution in [3.63, 3.8) is 0 Å². The standard InChI is InChI=1S/C11H17N3O4/c1-3-5-13(2)11(18)14-6-4-12-10(17)8(14)7-9(15)16/h3,8H,1,4-7H2,2H3,(H,12,17)(H,15,16). The molecule has 0 bridgehead atoms. The lowest BCUT2D eigenvalue weighted by atomic mass is 10.1. The first-order chi connectivity index (χ1) is 8.47. The van der Waals surface area contributed by atoms with Crippen LogP contribution in [-0.2, 0) is 9.59 Å². The molecule has 1 rings (SSSR count). The van der Waals surface area contributed by atoms with Gasteiger partial charge in [0.1, 0.15) is 6.04 Å². The number of likely N-dealkylation sites (N-methyl/N-ethyl adjacent to an activating group) is 1. The second-order valence-electron chi connectivity index (χ2n) is 4.05. The summed E-state index contributed by atoms with van der Waals surface area (Å²) in [5.41, 5.74) is 0. The van der Waals surface area contributed by atoms with E-state index in [2.05, 4.69) is 11.9 Å². The number of urea groups is 1. The van der Waals surface area contributed by atoms with Gasteiger partial charge >= 0.3 is 12.0 Å². The SMILES string of the molecule is C=CCN(C)C(=O)N1CCNC(=O)C1CC(=O)O. The van der Waals surface area contributed by atoms with Gasteiger partial charge in [-0.1, -0.05) is 6.08 Å². The van der Waals surface area contributed by atoms with Crippen LogP contribution in [0.1, 0.15) is 6.42 Å². The summed E-state index contributed by atoms with van der Waals surface area (Å²) in [6.45, 7) is 4.51. The number of carboxylic acid groups (broad SMARTS) is 1. The normalized spacial score (nSPS) is 19.1. The molecular weight excluding hydrogens is 238 g/mol. The molecule has 1 aliphatic heterocycles. The Balaban J connectivity index is 2.81. The lowest BCUT2D eigenvalue weighted by molar-refractivity contribution is -0.142. The van der Waals surface area contributed by atoms with Crippen molar-refractivity contribution in [1.82, 2.24) is 15.1 Å². The second kappa shape index (κ2) is 6.04. The first kappa shape index (κ1) is 14.0. The third kappa shape index (κ3) is 3.22. The molecule has 0 radical (unpaired) electrons. The van der Waals surface area contributed by atoms with Crippen LogP contribution in [0.4, 0.5) is 4.79 Å². The highest BCUT2D eigenvalue weighted by Gasteiger charge is 2.35. The summed E-state index contributed by atoms with van der Waals surface area (Å²) in [5, 5.41) is 11.3. The maximum absolute atomic E-state index is 12.1. The molecule has 1 heterocycles. The number of nitrogens with zero attached hydrogens (tertiary/aromatic N) is 2. The van der Waals surface area contributed by atoms with Crippen LogP contribution in [-0.4, -0.2) is 65.5 Å². The average Bonchev–Trinajstić information content (AvgIpc) is 2.30. The summed E-state index contributed by atoms with van der Waals surface area (Å²) in [6.07, 6.45) is 1.17. The zero-order valence-corrected chi connectivity index (χ0v) is 10.3. The molecule has 18 heavy (non-hydrogen) atoms. The molecule has 7 nitrogen and oxygen atoms in total. The van der Waals surface area contributed by atoms with Crippen LogP contribution >= 0.6 is 0 Å². The van der Waals surface area contributed by atoms with Crippen LogP contribution in [0.25, 0.3) is 0 Å². The predicted octanol–water partition coefficient (Wildman–Crippen LogP) is -0.501. The maximum Gasteiger partial charge on any atom is 0.320 e. The molecule has 3 amide bonds. The van der Waals surface area contributed by atoms with Crippen molar-refractivity contribution in [3.05, 3.63) is 12.7 Å². The molecule has 7 heteroatoms. The van der Waals surface area contributed by atoms with Gasteiger partial charge in [0.15, 0.2) is 0 Å². The quantitative estimate of drug-likeness (QED) is 0.663. The molecule has 0 aromatic carbocycles. The summed E-state index contributed by atoms with van der Waals surface area (Å²) in [6, 6.07) is -1.31. The highest BCUT2D eigenvalue weighted by atomic mass is 16.4. The van der Waals surface area contributed by atoms with Gasteiger partial charge in [-0.25, -0.2) is 4.79 Å². The molecule has 2 N–H and O–H groups in total. The largest absolute Gasteiger partial charge is 0.481 e. The number of hydrogen-bond acceptors (Lipinski definition) is 3. The van der Waals surface area contributed by atoms with Gasteiger partial charge < -0.3 is 20.2 Å². The number of carbonyl (C=O) groups excluding carboxylic acids is 2. The molecule has 100 valence electrons. The molecule has 0 saturated carbocycles. The average molecular weight is 255 g/mol. The van der Waals surface area contributed by atoms with E-state index in [9.17, 15) is 14.4 Å². The fourth-order valence-electron chi connectivity index (χ4n) is 1.80. The lowest BCUT2D eigenvalue weighted by Gasteiger charge is -2.36. The summed E-state index contributed by atoms with van der Waals surface area (Å²) in [5.74, 6) is -1.54. The van der Waals surface area contributed by atoms with Crippen molar-refractivity contribution in [2.24, 2.45) is 0 Å². The number of piperazine rings is 1. The topological polar surface area (TPSA) is 90.0 Å². The van der Waals surface area contributed by atoms with Gasteiger partial charge in [-0.05, 0) is 0 Å². The summed E-state index contributed by atoms with van der Waals surface area (Å²) >= 11 is 0. The Hall–Kier alpha value is -2.05. The highest BCUT2D eigenvalue weighted by Crippen LogP contribution is 2.11. The minimum Gasteiger partial charge on any atom is -0.481 e. The molecule has 0 aliphatic carbocycles. The number of hydrogen-bond donors (Lipinski definition) is 2. The zero-order valence-electron chi connectivity index (χ0n) is 10.3. The van der Waals surface area contributed by atoms with Gasteiger partial charge in [-0.3, -0.25) is 9.59 Å². The van der Waals surface area contributed by atoms with Gasteiger partial charge in [-0.15, -0.1) is 6.58 Å². The van der Waals surface area contributed by atoms with Gasteiger partial charge in [0.2, 0.25) is 5.91 Å². The Morgan fingerprint density at radius 1 is 1.67 bits per heavy atom. The lowest BCUT2D eigenvalue weighted by Crippen LogP contribution is -2.60. The van der Waals surface area contributed by atoms with E-state index in [1.807, 2.05) is 0 Å². The van der Waals surface area contributed by atoms with E-state index in [0.29, 0.717) is 19.6 Å². The Kier molecular flexibility index (Phi) is 4.70. The molecule has 1 fully saturated rings. The fourth-order valence-corrected chi connectivity index (χ4v) is 1.80. The third-order valence-corrected chi connectivity index (χ3v) is 2.67. The van der Waals surface area contributed by atoms with E-state index in [1.54, 1.807) is 13.1 Å². The predicted molar refractivity (Wildman–Crippen MR) is 64.0 cm³/mol. The molecule has 0 aromatic rings. The van der Waals surface area contributed by atoms with Crippen molar-refractivity contribution in [1.29, 1.82) is 0 Å². The molecule has 1 unspecified atom stereocenters. The second-order valence-corrected chi connectivity index (χ2v) is 4.05. The van der Waals surface area contributed by atoms with Crippen LogP contribution in [0, 0.1) is 0 Å². The van der Waals surface area contributed by atoms with Crippen molar-refractivity contribution in [2.75, 3.05) is 26.7 Å². The van der Waals surface area contributed by atoms with E-state index in [1.165, 1.54) is 9.80 Å². The number of carboxylic acids is 1. The van der Waals surface area contributed by atoms with Gasteiger partial charge in [0.05, 0.1) is 6.42 Å². The zero-order chi connectivity index (χ0) is 13.7. The van der Waals surface area contributed by atoms with Crippen molar-refractivity contribution in [2.45, 2.75) is 12.5 Å². The number of carbonyl (C=O) groups is 3. The van der Waals surface area contributed by atoms with E-state index in [-0.39, 0.29) is 12.5 Å². The first-order valence-corrected chi connectivity index (χ1v) is 5.59. The van der Waals surface area contributed by atoms with E-state index >= 15 is 0 Å². The number of aliphatic carboxylic acids is 1. The Morgan fingerprint density at radius 3 is 2.89 bits per heavy atom. The first-order valence-electron chi connectivity index (χ1n) is 5.59. The van der Waals surface area contributed by atoms with Gasteiger partial charge in [0.25, 0.3) is 0 Å². The molecule has 1 aliphatic rings. The van der Waals surface area contributed by atoms with Crippen LogP contribution in [0.2, 0.25) is 0 Å². The van der Waals surface area contributed by atoms with Gasteiger partial charge in [0, 0.05) is 26.7 Å². The Morgan fingerprint density at radius 2 is 2.33 bits per heavy atom. The van der Waals surface area contributed by atoms with Gasteiger partial charge in [-0.2, -0.15) is 0 Å². The van der Waals surface area contributed by atoms with E-state index in [4.69, 9.17) is 5.11 Å². The maximum atomic E-state index is 12.1. The van der Waals surface area contributed by atoms with Crippen LogP contribution in [0.15, 0.2) is 12.7 Å². The molecular formula is C11H17N3O4. The fraction of sp³-hybridized carbons (Fsp3) is 0.545. The number of nitrogens with one attached hydrogen (secondary N) is 1. The van der Waals surface area contributed by atoms with Crippen molar-refractivity contribution in [3.8, 4) is 0 Å². The minimum atomic E-state index is -1.11. The molecule has 0 aromatic heterocycles. The highest BCUT2D eigenvalue weighted by molar-refractivity contribution is 5.91. The monoisotopic (exact) mass is 255 g/mol. The Bertz CT molecular complexity index is 369. The number of amides is 3. The minimum absolute atomic E-state index is 0.310. The van der Waals surface area contributed by atoms with Crippen LogP contribution < -0.4 is 5.32 Å².